The zero-order valence-electron chi connectivity index (χ0n) is 19.7. The molecular formula is C28H38N4O. The molecule has 176 valence electrons. The SMILES string of the molecule is O=C(CCC[C@@H]1[C@H]2CCCN3CCC[C@@H](CN1Cc1ccccc1)[C@@H]23)NCc1ccncc1. The quantitative estimate of drug-likeness (QED) is 0.659. The van der Waals surface area contributed by atoms with E-state index in [0.29, 0.717) is 19.0 Å². The summed E-state index contributed by atoms with van der Waals surface area (Å²) in [5, 5.41) is 3.09. The maximum absolute atomic E-state index is 12.5. The maximum Gasteiger partial charge on any atom is 0.220 e. The van der Waals surface area contributed by atoms with Gasteiger partial charge < -0.3 is 5.32 Å². The molecular weight excluding hydrogens is 408 g/mol. The van der Waals surface area contributed by atoms with Crippen LogP contribution in [0.5, 0.6) is 0 Å². The van der Waals surface area contributed by atoms with Gasteiger partial charge in [0.25, 0.3) is 0 Å². The largest absolute Gasteiger partial charge is 0.352 e. The van der Waals surface area contributed by atoms with Crippen molar-refractivity contribution in [1.82, 2.24) is 20.1 Å². The maximum atomic E-state index is 12.5. The molecule has 1 amide bonds. The second-order valence-corrected chi connectivity index (χ2v) is 10.2. The van der Waals surface area contributed by atoms with E-state index in [4.69, 9.17) is 0 Å². The second-order valence-electron chi connectivity index (χ2n) is 10.2. The number of pyridine rings is 1. The Bertz CT molecular complexity index is 887. The minimum Gasteiger partial charge on any atom is -0.352 e. The Hall–Kier alpha value is -2.24. The molecule has 0 aliphatic carbocycles. The first-order chi connectivity index (χ1) is 16.3. The highest BCUT2D eigenvalue weighted by Gasteiger charge is 2.48. The number of rotatable bonds is 8. The Morgan fingerprint density at radius 3 is 2.61 bits per heavy atom. The lowest BCUT2D eigenvalue weighted by atomic mass is 9.69. The summed E-state index contributed by atoms with van der Waals surface area (Å²) in [6.07, 6.45) is 11.7. The van der Waals surface area contributed by atoms with E-state index in [0.717, 1.165) is 42.8 Å². The Kier molecular flexibility index (Phi) is 7.37. The zero-order valence-corrected chi connectivity index (χ0v) is 19.7. The summed E-state index contributed by atoms with van der Waals surface area (Å²) < 4.78 is 0. The van der Waals surface area contributed by atoms with Gasteiger partial charge in [0.2, 0.25) is 5.91 Å². The van der Waals surface area contributed by atoms with E-state index in [2.05, 4.69) is 50.4 Å². The van der Waals surface area contributed by atoms with Crippen molar-refractivity contribution in [2.45, 2.75) is 70.1 Å². The van der Waals surface area contributed by atoms with Crippen LogP contribution in [0.15, 0.2) is 54.9 Å². The molecule has 2 aromatic rings. The number of nitrogens with one attached hydrogen (secondary N) is 1. The fraction of sp³-hybridized carbons (Fsp3) is 0.571. The van der Waals surface area contributed by atoms with Crippen LogP contribution in [-0.4, -0.2) is 52.4 Å². The Balaban J connectivity index is 1.22. The van der Waals surface area contributed by atoms with Gasteiger partial charge in [0, 0.05) is 50.5 Å². The van der Waals surface area contributed by atoms with Crippen LogP contribution < -0.4 is 5.32 Å². The first kappa shape index (κ1) is 22.5. The van der Waals surface area contributed by atoms with Crippen LogP contribution in [0.25, 0.3) is 0 Å². The number of piperidine rings is 3. The minimum atomic E-state index is 0.165. The zero-order chi connectivity index (χ0) is 22.5. The molecule has 3 saturated heterocycles. The molecule has 3 aliphatic rings. The predicted octanol–water partition coefficient (Wildman–Crippen LogP) is 4.24. The van der Waals surface area contributed by atoms with E-state index in [-0.39, 0.29) is 5.91 Å². The Morgan fingerprint density at radius 2 is 1.79 bits per heavy atom. The number of carbonyl (C=O) groups excluding carboxylic acids is 1. The van der Waals surface area contributed by atoms with Crippen molar-refractivity contribution < 1.29 is 4.79 Å². The van der Waals surface area contributed by atoms with Crippen LogP contribution in [0.2, 0.25) is 0 Å². The van der Waals surface area contributed by atoms with Crippen molar-refractivity contribution in [3.63, 3.8) is 0 Å². The average molecular weight is 447 g/mol. The van der Waals surface area contributed by atoms with Crippen molar-refractivity contribution >= 4 is 5.91 Å². The number of likely N-dealkylation sites (tertiary alicyclic amines) is 1. The Morgan fingerprint density at radius 1 is 1.00 bits per heavy atom. The summed E-state index contributed by atoms with van der Waals surface area (Å²) in [4.78, 5) is 22.2. The van der Waals surface area contributed by atoms with Crippen molar-refractivity contribution in [2.24, 2.45) is 11.8 Å². The van der Waals surface area contributed by atoms with Gasteiger partial charge in [-0.2, -0.15) is 0 Å². The summed E-state index contributed by atoms with van der Waals surface area (Å²) in [5.74, 6) is 1.73. The van der Waals surface area contributed by atoms with Crippen molar-refractivity contribution in [2.75, 3.05) is 19.6 Å². The van der Waals surface area contributed by atoms with E-state index >= 15 is 0 Å². The molecule has 0 spiro atoms. The smallest absolute Gasteiger partial charge is 0.220 e. The van der Waals surface area contributed by atoms with Crippen LogP contribution in [0.1, 0.15) is 56.1 Å². The third-order valence-electron chi connectivity index (χ3n) is 8.15. The lowest BCUT2D eigenvalue weighted by molar-refractivity contribution is -0.121. The summed E-state index contributed by atoms with van der Waals surface area (Å²) in [6, 6.07) is 16.2. The van der Waals surface area contributed by atoms with Gasteiger partial charge in [0.05, 0.1) is 0 Å². The van der Waals surface area contributed by atoms with Crippen molar-refractivity contribution in [1.29, 1.82) is 0 Å². The molecule has 5 nitrogen and oxygen atoms in total. The summed E-state index contributed by atoms with van der Waals surface area (Å²) in [6.45, 7) is 5.43. The standard InChI is InChI=1S/C28H38N4O/c33-27(30-19-22-13-15-29-16-14-22)12-4-11-26-25-10-6-18-31-17-5-9-24(28(25)31)21-32(26)20-23-7-2-1-3-8-23/h1-3,7-8,13-16,24-26,28H,4-6,9-12,17-21H2,(H,30,33)/t24-,25+,26+,28-/m0/s1. The molecule has 0 radical (unpaired) electrons. The monoisotopic (exact) mass is 446 g/mol. The molecule has 0 unspecified atom stereocenters. The molecule has 5 rings (SSSR count). The van der Waals surface area contributed by atoms with Gasteiger partial charge in [-0.1, -0.05) is 30.3 Å². The number of nitrogens with zero attached hydrogens (tertiary/aromatic N) is 3. The van der Waals surface area contributed by atoms with Gasteiger partial charge in [-0.25, -0.2) is 0 Å². The number of hydrogen-bond donors (Lipinski definition) is 1. The fourth-order valence-electron chi connectivity index (χ4n) is 6.74. The predicted molar refractivity (Wildman–Crippen MR) is 131 cm³/mol. The lowest BCUT2D eigenvalue weighted by Crippen LogP contribution is -2.64. The van der Waals surface area contributed by atoms with E-state index in [1.54, 1.807) is 12.4 Å². The molecule has 33 heavy (non-hydrogen) atoms. The molecule has 3 aliphatic heterocycles. The third kappa shape index (κ3) is 5.47. The summed E-state index contributed by atoms with van der Waals surface area (Å²) >= 11 is 0. The van der Waals surface area contributed by atoms with E-state index in [1.807, 2.05) is 12.1 Å². The van der Waals surface area contributed by atoms with Crippen LogP contribution in [-0.2, 0) is 17.9 Å². The van der Waals surface area contributed by atoms with E-state index < -0.39 is 0 Å². The van der Waals surface area contributed by atoms with Crippen molar-refractivity contribution in [3.8, 4) is 0 Å². The number of benzene rings is 1. The Labute approximate surface area is 198 Å². The minimum absolute atomic E-state index is 0.165. The molecule has 4 heterocycles. The fourth-order valence-corrected chi connectivity index (χ4v) is 6.74. The number of hydrogen-bond acceptors (Lipinski definition) is 4. The molecule has 0 saturated carbocycles. The van der Waals surface area contributed by atoms with Crippen LogP contribution in [0.3, 0.4) is 0 Å². The average Bonchev–Trinajstić information content (AvgIpc) is 2.86. The molecule has 1 N–H and O–H groups in total. The molecule has 1 aromatic heterocycles. The van der Waals surface area contributed by atoms with Gasteiger partial charge in [-0.15, -0.1) is 0 Å². The highest BCUT2D eigenvalue weighted by molar-refractivity contribution is 5.75. The summed E-state index contributed by atoms with van der Waals surface area (Å²) in [5.41, 5.74) is 2.52. The first-order valence-electron chi connectivity index (χ1n) is 13.0. The highest BCUT2D eigenvalue weighted by atomic mass is 16.1. The molecule has 5 heteroatoms. The summed E-state index contributed by atoms with van der Waals surface area (Å²) in [7, 11) is 0. The van der Waals surface area contributed by atoms with E-state index in [9.17, 15) is 4.79 Å². The molecule has 3 fully saturated rings. The van der Waals surface area contributed by atoms with Gasteiger partial charge in [-0.05, 0) is 86.7 Å². The number of carbonyl (C=O) groups is 1. The van der Waals surface area contributed by atoms with Gasteiger partial charge in [0.1, 0.15) is 0 Å². The second kappa shape index (κ2) is 10.8. The van der Waals surface area contributed by atoms with Crippen LogP contribution in [0.4, 0.5) is 0 Å². The van der Waals surface area contributed by atoms with Gasteiger partial charge in [-0.3, -0.25) is 19.6 Å². The first-order valence-corrected chi connectivity index (χ1v) is 13.0. The van der Waals surface area contributed by atoms with E-state index in [1.165, 1.54) is 50.9 Å². The normalized spacial score (nSPS) is 27.6. The lowest BCUT2D eigenvalue weighted by Gasteiger charge is -2.57. The van der Waals surface area contributed by atoms with Crippen LogP contribution in [0, 0.1) is 11.8 Å². The third-order valence-corrected chi connectivity index (χ3v) is 8.15. The van der Waals surface area contributed by atoms with Gasteiger partial charge >= 0.3 is 0 Å². The molecule has 1 aromatic carbocycles. The van der Waals surface area contributed by atoms with Crippen molar-refractivity contribution in [3.05, 3.63) is 66.0 Å². The number of aromatic nitrogens is 1. The topological polar surface area (TPSA) is 48.5 Å². The van der Waals surface area contributed by atoms with Crippen LogP contribution >= 0.6 is 0 Å². The molecule has 4 atom stereocenters. The van der Waals surface area contributed by atoms with Gasteiger partial charge in [0.15, 0.2) is 0 Å². The number of amides is 1. The molecule has 0 bridgehead atoms. The highest BCUT2D eigenvalue weighted by Crippen LogP contribution is 2.43.